The van der Waals surface area contributed by atoms with E-state index in [1.807, 2.05) is 30.3 Å². The molecule has 0 spiro atoms. The topological polar surface area (TPSA) is 63.8 Å². The molecule has 2 aromatic rings. The van der Waals surface area contributed by atoms with E-state index in [0.29, 0.717) is 11.6 Å². The number of hydrogen-bond acceptors (Lipinski definition) is 5. The minimum absolute atomic E-state index is 0.647. The summed E-state index contributed by atoms with van der Waals surface area (Å²) in [5, 5.41) is 0.734. The second kappa shape index (κ2) is 6.75. The molecule has 0 amide bonds. The molecule has 0 fully saturated rings. The number of halogens is 1. The highest BCUT2D eigenvalue weighted by Crippen LogP contribution is 2.24. The van der Waals surface area contributed by atoms with Gasteiger partial charge >= 0.3 is 0 Å². The summed E-state index contributed by atoms with van der Waals surface area (Å²) < 4.78 is 0. The fourth-order valence-electron chi connectivity index (χ4n) is 1.58. The third-order valence-electron chi connectivity index (χ3n) is 2.50. The molecule has 1 aromatic carbocycles. The minimum Gasteiger partial charge on any atom is -0.308 e. The summed E-state index contributed by atoms with van der Waals surface area (Å²) in [6, 6.07) is 9.59. The first kappa shape index (κ1) is 14.1. The van der Waals surface area contributed by atoms with Crippen molar-refractivity contribution in [3.05, 3.63) is 46.9 Å². The van der Waals surface area contributed by atoms with Crippen LogP contribution in [-0.2, 0) is 12.2 Å². The number of hydrazine groups is 1. The van der Waals surface area contributed by atoms with E-state index in [1.165, 1.54) is 0 Å². The van der Waals surface area contributed by atoms with Crippen LogP contribution in [0.15, 0.2) is 35.2 Å². The molecule has 1 heterocycles. The van der Waals surface area contributed by atoms with Crippen molar-refractivity contribution in [3.63, 3.8) is 0 Å². The molecule has 0 aliphatic heterocycles. The van der Waals surface area contributed by atoms with E-state index in [9.17, 15) is 0 Å². The van der Waals surface area contributed by atoms with Crippen molar-refractivity contribution in [3.8, 4) is 0 Å². The number of rotatable bonds is 5. The molecular formula is C13H15ClN4S. The number of aryl methyl sites for hydroxylation is 1. The average Bonchev–Trinajstić information content (AvgIpc) is 2.44. The Morgan fingerprint density at radius 2 is 2.16 bits per heavy atom. The van der Waals surface area contributed by atoms with Crippen molar-refractivity contribution in [1.29, 1.82) is 0 Å². The van der Waals surface area contributed by atoms with Gasteiger partial charge in [-0.15, -0.1) is 11.8 Å². The second-order valence-electron chi connectivity index (χ2n) is 3.90. The number of nitrogens with zero attached hydrogens (tertiary/aromatic N) is 2. The van der Waals surface area contributed by atoms with Gasteiger partial charge in [-0.2, -0.15) is 0 Å². The Morgan fingerprint density at radius 1 is 1.32 bits per heavy atom. The fourth-order valence-corrected chi connectivity index (χ4v) is 2.64. The highest BCUT2D eigenvalue weighted by Gasteiger charge is 2.04. The van der Waals surface area contributed by atoms with Crippen LogP contribution < -0.4 is 11.3 Å². The molecule has 0 unspecified atom stereocenters. The number of benzene rings is 1. The maximum atomic E-state index is 5.95. The molecule has 100 valence electrons. The van der Waals surface area contributed by atoms with Crippen LogP contribution >= 0.6 is 23.4 Å². The maximum absolute atomic E-state index is 5.95. The summed E-state index contributed by atoms with van der Waals surface area (Å²) in [6.45, 7) is 2.05. The first-order valence-corrected chi connectivity index (χ1v) is 7.29. The van der Waals surface area contributed by atoms with Gasteiger partial charge in [-0.05, 0) is 24.6 Å². The van der Waals surface area contributed by atoms with Gasteiger partial charge in [-0.25, -0.2) is 15.8 Å². The average molecular weight is 295 g/mol. The monoisotopic (exact) mass is 294 g/mol. The molecule has 6 heteroatoms. The van der Waals surface area contributed by atoms with Crippen molar-refractivity contribution in [1.82, 2.24) is 9.97 Å². The Kier molecular flexibility index (Phi) is 5.01. The van der Waals surface area contributed by atoms with Gasteiger partial charge in [0.25, 0.3) is 0 Å². The van der Waals surface area contributed by atoms with Crippen LogP contribution in [0.5, 0.6) is 0 Å². The predicted octanol–water partition coefficient (Wildman–Crippen LogP) is 3.27. The Hall–Kier alpha value is -1.30. The molecule has 0 saturated carbocycles. The lowest BCUT2D eigenvalue weighted by atomic mass is 10.3. The molecule has 1 aromatic heterocycles. The quantitative estimate of drug-likeness (QED) is 0.503. The zero-order chi connectivity index (χ0) is 13.7. The largest absolute Gasteiger partial charge is 0.308 e. The van der Waals surface area contributed by atoms with Crippen LogP contribution in [0, 0.1) is 0 Å². The summed E-state index contributed by atoms with van der Waals surface area (Å²) in [6.07, 6.45) is 0.853. The number of nitrogens with one attached hydrogen (secondary N) is 1. The molecule has 0 atom stereocenters. The Labute approximate surface area is 121 Å². The van der Waals surface area contributed by atoms with Crippen molar-refractivity contribution in [2.75, 3.05) is 5.43 Å². The number of hydrogen-bond donors (Lipinski definition) is 2. The smallest absolute Gasteiger partial charge is 0.143 e. The molecule has 2 rings (SSSR count). The first-order valence-electron chi connectivity index (χ1n) is 5.93. The molecule has 4 nitrogen and oxygen atoms in total. The zero-order valence-electron chi connectivity index (χ0n) is 10.6. The fraction of sp³-hybridized carbons (Fsp3) is 0.231. The number of aromatic nitrogens is 2. The third-order valence-corrected chi connectivity index (χ3v) is 3.72. The molecule has 0 bridgehead atoms. The van der Waals surface area contributed by atoms with E-state index >= 15 is 0 Å². The molecular weight excluding hydrogens is 280 g/mol. The molecule has 19 heavy (non-hydrogen) atoms. The molecule has 0 radical (unpaired) electrons. The van der Waals surface area contributed by atoms with Gasteiger partial charge in [0.15, 0.2) is 0 Å². The van der Waals surface area contributed by atoms with Gasteiger partial charge in [0.05, 0.1) is 5.75 Å². The minimum atomic E-state index is 0.647. The lowest BCUT2D eigenvalue weighted by Crippen LogP contribution is -2.11. The van der Waals surface area contributed by atoms with Crippen LogP contribution in [0.25, 0.3) is 0 Å². The highest BCUT2D eigenvalue weighted by molar-refractivity contribution is 7.98. The van der Waals surface area contributed by atoms with Crippen molar-refractivity contribution in [2.45, 2.75) is 24.0 Å². The molecule has 0 aliphatic carbocycles. The van der Waals surface area contributed by atoms with Gasteiger partial charge < -0.3 is 5.43 Å². The van der Waals surface area contributed by atoms with E-state index in [4.69, 9.17) is 17.4 Å². The van der Waals surface area contributed by atoms with Crippen LogP contribution in [0.2, 0.25) is 5.02 Å². The van der Waals surface area contributed by atoms with Crippen LogP contribution in [0.4, 0.5) is 5.82 Å². The zero-order valence-corrected chi connectivity index (χ0v) is 12.1. The number of thioether (sulfide) groups is 1. The van der Waals surface area contributed by atoms with E-state index in [1.54, 1.807) is 11.8 Å². The summed E-state index contributed by atoms with van der Waals surface area (Å²) in [4.78, 5) is 9.91. The van der Waals surface area contributed by atoms with E-state index in [-0.39, 0.29) is 0 Å². The molecule has 3 N–H and O–H groups in total. The predicted molar refractivity (Wildman–Crippen MR) is 80.2 cm³/mol. The van der Waals surface area contributed by atoms with Crippen LogP contribution in [0.3, 0.4) is 0 Å². The van der Waals surface area contributed by atoms with Gasteiger partial charge in [-0.1, -0.05) is 24.6 Å². The SMILES string of the molecule is CCc1cc(NN)nc(CSc2cccc(Cl)c2)n1. The van der Waals surface area contributed by atoms with Crippen molar-refractivity contribution >= 4 is 29.2 Å². The van der Waals surface area contributed by atoms with Gasteiger partial charge in [-0.3, -0.25) is 0 Å². The molecule has 0 saturated heterocycles. The highest BCUT2D eigenvalue weighted by atomic mass is 35.5. The van der Waals surface area contributed by atoms with Crippen molar-refractivity contribution in [2.24, 2.45) is 5.84 Å². The van der Waals surface area contributed by atoms with E-state index in [0.717, 1.165) is 27.9 Å². The summed E-state index contributed by atoms with van der Waals surface area (Å²) in [7, 11) is 0. The van der Waals surface area contributed by atoms with Crippen LogP contribution in [0.1, 0.15) is 18.4 Å². The Morgan fingerprint density at radius 3 is 2.84 bits per heavy atom. The lowest BCUT2D eigenvalue weighted by molar-refractivity contribution is 0.938. The van der Waals surface area contributed by atoms with E-state index in [2.05, 4.69) is 22.3 Å². The van der Waals surface area contributed by atoms with Crippen molar-refractivity contribution < 1.29 is 0 Å². The second-order valence-corrected chi connectivity index (χ2v) is 5.39. The Balaban J connectivity index is 2.10. The van der Waals surface area contributed by atoms with E-state index < -0.39 is 0 Å². The normalized spacial score (nSPS) is 10.5. The lowest BCUT2D eigenvalue weighted by Gasteiger charge is -2.06. The maximum Gasteiger partial charge on any atom is 0.143 e. The first-order chi connectivity index (χ1) is 9.21. The molecule has 0 aliphatic rings. The van der Waals surface area contributed by atoms with Gasteiger partial charge in [0, 0.05) is 21.7 Å². The summed E-state index contributed by atoms with van der Waals surface area (Å²) in [5.74, 6) is 7.50. The number of anilines is 1. The summed E-state index contributed by atoms with van der Waals surface area (Å²) in [5.41, 5.74) is 3.54. The standard InChI is InChI=1S/C13H15ClN4S/c1-2-10-7-12(18-15)17-13(16-10)8-19-11-5-3-4-9(14)6-11/h3-7H,2,8,15H2,1H3,(H,16,17,18). The van der Waals surface area contributed by atoms with Crippen LogP contribution in [-0.4, -0.2) is 9.97 Å². The van der Waals surface area contributed by atoms with Gasteiger partial charge in [0.2, 0.25) is 0 Å². The number of nitrogen functional groups attached to an aromatic ring is 1. The Bertz CT molecular complexity index is 540. The van der Waals surface area contributed by atoms with Gasteiger partial charge in [0.1, 0.15) is 11.6 Å². The third kappa shape index (κ3) is 4.09. The number of nitrogens with two attached hydrogens (primary N) is 1. The summed E-state index contributed by atoms with van der Waals surface area (Å²) >= 11 is 7.60.